The van der Waals surface area contributed by atoms with Crippen LogP contribution in [0, 0.1) is 5.92 Å². The van der Waals surface area contributed by atoms with Crippen molar-refractivity contribution in [2.45, 2.75) is 82.3 Å². The van der Waals surface area contributed by atoms with Gasteiger partial charge in [0, 0.05) is 0 Å². The molecule has 3 aliphatic rings. The molecule has 0 aromatic rings. The van der Waals surface area contributed by atoms with Crippen LogP contribution in [0.15, 0.2) is 0 Å². The van der Waals surface area contributed by atoms with E-state index in [0.717, 1.165) is 5.92 Å². The highest BCUT2D eigenvalue weighted by Gasteiger charge is 2.41. The second-order valence-electron chi connectivity index (χ2n) is 6.82. The summed E-state index contributed by atoms with van der Waals surface area (Å²) in [7, 11) is 0. The quantitative estimate of drug-likeness (QED) is 0.809. The van der Waals surface area contributed by atoms with Gasteiger partial charge in [0.15, 0.2) is 0 Å². The van der Waals surface area contributed by atoms with E-state index >= 15 is 0 Å². The van der Waals surface area contributed by atoms with E-state index in [-0.39, 0.29) is 0 Å². The Kier molecular flexibility index (Phi) is 4.25. The minimum absolute atomic E-state index is 0.321. The van der Waals surface area contributed by atoms with E-state index in [1.807, 2.05) is 0 Å². The summed E-state index contributed by atoms with van der Waals surface area (Å²) in [6.45, 7) is 2.46. The van der Waals surface area contributed by atoms with Gasteiger partial charge in [0.2, 0.25) is 0 Å². The molecule has 2 heteroatoms. The number of ether oxygens (including phenoxy) is 1. The van der Waals surface area contributed by atoms with Crippen molar-refractivity contribution in [3.63, 3.8) is 0 Å². The maximum atomic E-state index is 6.51. The second kappa shape index (κ2) is 5.92. The van der Waals surface area contributed by atoms with Crippen LogP contribution in [0.5, 0.6) is 0 Å². The van der Waals surface area contributed by atoms with Crippen LogP contribution in [0.25, 0.3) is 0 Å². The first-order chi connectivity index (χ1) is 8.86. The van der Waals surface area contributed by atoms with Crippen LogP contribution in [-0.4, -0.2) is 24.8 Å². The van der Waals surface area contributed by atoms with Crippen molar-refractivity contribution >= 4 is 0 Å². The molecule has 0 amide bonds. The van der Waals surface area contributed by atoms with Gasteiger partial charge in [-0.1, -0.05) is 25.7 Å². The normalized spacial score (nSPS) is 36.7. The highest BCUT2D eigenvalue weighted by Crippen LogP contribution is 2.43. The van der Waals surface area contributed by atoms with Crippen molar-refractivity contribution in [3.8, 4) is 0 Å². The molecule has 1 N–H and O–H groups in total. The van der Waals surface area contributed by atoms with Crippen molar-refractivity contribution < 1.29 is 4.74 Å². The van der Waals surface area contributed by atoms with Crippen molar-refractivity contribution in [2.24, 2.45) is 5.92 Å². The number of hydrogen-bond donors (Lipinski definition) is 1. The molecule has 1 spiro atoms. The summed E-state index contributed by atoms with van der Waals surface area (Å²) in [6, 6.07) is 0. The molecule has 1 aliphatic carbocycles. The Morgan fingerprint density at radius 1 is 0.944 bits per heavy atom. The summed E-state index contributed by atoms with van der Waals surface area (Å²) in [6.07, 6.45) is 15.7. The lowest BCUT2D eigenvalue weighted by atomic mass is 9.83. The van der Waals surface area contributed by atoms with Crippen molar-refractivity contribution in [2.75, 3.05) is 13.1 Å². The molecule has 0 aromatic carbocycles. The third kappa shape index (κ3) is 3.08. The summed E-state index contributed by atoms with van der Waals surface area (Å²) in [5.74, 6) is 0.872. The molecule has 0 radical (unpaired) electrons. The first kappa shape index (κ1) is 12.9. The molecule has 1 saturated carbocycles. The Hall–Kier alpha value is -0.0800. The van der Waals surface area contributed by atoms with Gasteiger partial charge in [-0.3, -0.25) is 0 Å². The Labute approximate surface area is 112 Å². The largest absolute Gasteiger partial charge is 0.372 e. The first-order valence-corrected chi connectivity index (χ1v) is 8.25. The average molecular weight is 251 g/mol. The van der Waals surface area contributed by atoms with Crippen LogP contribution in [0.1, 0.15) is 70.6 Å². The predicted molar refractivity (Wildman–Crippen MR) is 74.8 cm³/mol. The van der Waals surface area contributed by atoms with Crippen LogP contribution in [0.2, 0.25) is 0 Å². The third-order valence-corrected chi connectivity index (χ3v) is 5.35. The van der Waals surface area contributed by atoms with Gasteiger partial charge in [-0.05, 0) is 64.0 Å². The molecule has 3 rings (SSSR count). The lowest BCUT2D eigenvalue weighted by Gasteiger charge is -2.33. The molecule has 0 aromatic heterocycles. The zero-order valence-electron chi connectivity index (χ0n) is 11.8. The summed E-state index contributed by atoms with van der Waals surface area (Å²) < 4.78 is 6.51. The molecule has 18 heavy (non-hydrogen) atoms. The monoisotopic (exact) mass is 251 g/mol. The van der Waals surface area contributed by atoms with Crippen LogP contribution in [0.3, 0.4) is 0 Å². The molecular formula is C16H29NO. The van der Waals surface area contributed by atoms with Crippen LogP contribution >= 0.6 is 0 Å². The fraction of sp³-hybridized carbons (Fsp3) is 1.00. The zero-order valence-corrected chi connectivity index (χ0v) is 11.8. The maximum Gasteiger partial charge on any atom is 0.0687 e. The molecular weight excluding hydrogens is 222 g/mol. The molecule has 2 heterocycles. The van der Waals surface area contributed by atoms with Gasteiger partial charge < -0.3 is 10.1 Å². The van der Waals surface area contributed by atoms with Gasteiger partial charge in [0.1, 0.15) is 0 Å². The van der Waals surface area contributed by atoms with Crippen LogP contribution < -0.4 is 5.32 Å². The van der Waals surface area contributed by atoms with Crippen LogP contribution in [-0.2, 0) is 4.74 Å². The molecule has 2 nitrogen and oxygen atoms in total. The fourth-order valence-corrected chi connectivity index (χ4v) is 4.29. The van der Waals surface area contributed by atoms with E-state index in [0.29, 0.717) is 11.7 Å². The lowest BCUT2D eigenvalue weighted by molar-refractivity contribution is -0.0698. The summed E-state index contributed by atoms with van der Waals surface area (Å²) in [5.41, 5.74) is 0.321. The first-order valence-electron chi connectivity index (χ1n) is 8.25. The summed E-state index contributed by atoms with van der Waals surface area (Å²) in [4.78, 5) is 0. The molecule has 2 atom stereocenters. The third-order valence-electron chi connectivity index (χ3n) is 5.35. The van der Waals surface area contributed by atoms with Gasteiger partial charge in [-0.25, -0.2) is 0 Å². The van der Waals surface area contributed by atoms with Crippen LogP contribution in [0.4, 0.5) is 0 Å². The van der Waals surface area contributed by atoms with Gasteiger partial charge in [0.05, 0.1) is 11.7 Å². The van der Waals surface area contributed by atoms with Crippen molar-refractivity contribution in [1.82, 2.24) is 5.32 Å². The van der Waals surface area contributed by atoms with E-state index < -0.39 is 0 Å². The minimum Gasteiger partial charge on any atom is -0.372 e. The summed E-state index contributed by atoms with van der Waals surface area (Å²) in [5, 5.41) is 3.59. The zero-order chi connectivity index (χ0) is 12.3. The van der Waals surface area contributed by atoms with Gasteiger partial charge in [-0.2, -0.15) is 0 Å². The van der Waals surface area contributed by atoms with E-state index in [9.17, 15) is 0 Å². The molecule has 3 fully saturated rings. The Morgan fingerprint density at radius 3 is 2.72 bits per heavy atom. The second-order valence-corrected chi connectivity index (χ2v) is 6.82. The molecule has 104 valence electrons. The van der Waals surface area contributed by atoms with Gasteiger partial charge >= 0.3 is 0 Å². The molecule has 2 saturated heterocycles. The number of rotatable bonds is 2. The van der Waals surface area contributed by atoms with E-state index in [4.69, 9.17) is 4.74 Å². The highest BCUT2D eigenvalue weighted by atomic mass is 16.5. The molecule has 2 aliphatic heterocycles. The van der Waals surface area contributed by atoms with Crippen molar-refractivity contribution in [1.29, 1.82) is 0 Å². The highest BCUT2D eigenvalue weighted by molar-refractivity contribution is 4.92. The average Bonchev–Trinajstić information content (AvgIpc) is 2.62. The van der Waals surface area contributed by atoms with E-state index in [2.05, 4.69) is 5.32 Å². The Bertz CT molecular complexity index is 252. The number of nitrogens with one attached hydrogen (secondary N) is 1. The topological polar surface area (TPSA) is 21.3 Å². The number of hydrogen-bond acceptors (Lipinski definition) is 2. The summed E-state index contributed by atoms with van der Waals surface area (Å²) >= 11 is 0. The van der Waals surface area contributed by atoms with E-state index in [1.54, 1.807) is 0 Å². The smallest absolute Gasteiger partial charge is 0.0687 e. The minimum atomic E-state index is 0.321. The van der Waals surface area contributed by atoms with Crippen molar-refractivity contribution in [3.05, 3.63) is 0 Å². The Balaban J connectivity index is 1.49. The molecule has 2 unspecified atom stereocenters. The lowest BCUT2D eigenvalue weighted by Crippen LogP contribution is -2.32. The standard InChI is InChI=1S/C16H29NO/c1-3-8-16(9-4-1)10-7-15(18-16)12-14-6-2-5-11-17-13-14/h14-15,17H,1-13H2. The maximum absolute atomic E-state index is 6.51. The Morgan fingerprint density at radius 2 is 1.83 bits per heavy atom. The SMILES string of the molecule is C1CCC2(CC1)CCC(CC1CCCCNC1)O2. The van der Waals surface area contributed by atoms with E-state index in [1.165, 1.54) is 83.7 Å². The van der Waals surface area contributed by atoms with Gasteiger partial charge in [0.25, 0.3) is 0 Å². The fourth-order valence-electron chi connectivity index (χ4n) is 4.29. The molecule has 0 bridgehead atoms. The predicted octanol–water partition coefficient (Wildman–Crippen LogP) is 3.65. The van der Waals surface area contributed by atoms with Gasteiger partial charge in [-0.15, -0.1) is 0 Å².